The number of hydrogen-bond donors (Lipinski definition) is 0. The summed E-state index contributed by atoms with van der Waals surface area (Å²) < 4.78 is 0. The van der Waals surface area contributed by atoms with Crippen LogP contribution in [-0.2, 0) is 4.79 Å². The van der Waals surface area contributed by atoms with Crippen LogP contribution in [-0.4, -0.2) is 24.9 Å². The van der Waals surface area contributed by atoms with E-state index < -0.39 is 0 Å². The van der Waals surface area contributed by atoms with Crippen molar-refractivity contribution in [2.45, 2.75) is 46.0 Å². The number of hydrogen-bond acceptors (Lipinski definition) is 1. The number of likely N-dealkylation sites (N-methyl/N-ethyl adjacent to an activating group) is 1. The summed E-state index contributed by atoms with van der Waals surface area (Å²) in [6.45, 7) is 4.45. The topological polar surface area (TPSA) is 20.3 Å². The van der Waals surface area contributed by atoms with Crippen LogP contribution >= 0.6 is 0 Å². The van der Waals surface area contributed by atoms with Crippen molar-refractivity contribution < 1.29 is 4.79 Å². The third-order valence-electron chi connectivity index (χ3n) is 4.74. The Morgan fingerprint density at radius 2 is 1.88 bits per heavy atom. The molecule has 0 spiro atoms. The first-order chi connectivity index (χ1) is 8.02. The minimum Gasteiger partial charge on any atom is -0.345 e. The summed E-state index contributed by atoms with van der Waals surface area (Å²) in [5, 5.41) is 0. The lowest BCUT2D eigenvalue weighted by molar-refractivity contribution is -0.126. The number of rotatable bonds is 1. The Morgan fingerprint density at radius 3 is 2.53 bits per heavy atom. The molecular weight excluding hydrogens is 210 g/mol. The second-order valence-electron chi connectivity index (χ2n) is 6.08. The molecule has 1 fully saturated rings. The zero-order chi connectivity index (χ0) is 12.6. The van der Waals surface area contributed by atoms with E-state index in [4.69, 9.17) is 0 Å². The molecule has 2 nitrogen and oxygen atoms in total. The van der Waals surface area contributed by atoms with Gasteiger partial charge in [-0.15, -0.1) is 0 Å². The maximum absolute atomic E-state index is 12.4. The van der Waals surface area contributed by atoms with Gasteiger partial charge < -0.3 is 4.90 Å². The number of allylic oxidation sites excluding steroid dienone is 1. The molecule has 2 heteroatoms. The second kappa shape index (κ2) is 4.83. The predicted octanol–water partition coefficient (Wildman–Crippen LogP) is 3.24. The van der Waals surface area contributed by atoms with Crippen LogP contribution in [0.5, 0.6) is 0 Å². The second-order valence-corrected chi connectivity index (χ2v) is 6.08. The predicted molar refractivity (Wildman–Crippen MR) is 70.6 cm³/mol. The first-order valence-electron chi connectivity index (χ1n) is 6.94. The molecule has 96 valence electrons. The molecule has 2 aliphatic rings. The molecule has 0 aromatic heterocycles. The summed E-state index contributed by atoms with van der Waals surface area (Å²) in [7, 11) is 3.75. The molecule has 0 radical (unpaired) electrons. The van der Waals surface area contributed by atoms with Gasteiger partial charge in [0.2, 0.25) is 5.91 Å². The van der Waals surface area contributed by atoms with E-state index in [0.29, 0.717) is 11.8 Å². The quantitative estimate of drug-likeness (QED) is 0.683. The molecule has 0 aliphatic heterocycles. The minimum atomic E-state index is 0.256. The van der Waals surface area contributed by atoms with E-state index in [-0.39, 0.29) is 5.91 Å². The Hall–Kier alpha value is -0.790. The van der Waals surface area contributed by atoms with Crippen molar-refractivity contribution >= 4 is 5.91 Å². The van der Waals surface area contributed by atoms with Crippen molar-refractivity contribution in [2.75, 3.05) is 14.1 Å². The lowest BCUT2D eigenvalue weighted by Crippen LogP contribution is -2.36. The molecule has 0 bridgehead atoms. The van der Waals surface area contributed by atoms with Crippen molar-refractivity contribution in [3.05, 3.63) is 11.1 Å². The number of nitrogens with zero attached hydrogens (tertiary/aromatic N) is 1. The van der Waals surface area contributed by atoms with Gasteiger partial charge in [0.05, 0.1) is 0 Å². The SMILES string of the molecule is CC1=C(C(=O)N(C)C)C2CCCCC2CC1C. The summed E-state index contributed by atoms with van der Waals surface area (Å²) in [6, 6.07) is 0. The fourth-order valence-corrected chi connectivity index (χ4v) is 3.63. The standard InChI is InChI=1S/C15H25NO/c1-10-9-12-7-5-6-8-13(12)14(11(10)2)15(17)16(3)4/h10,12-13H,5-9H2,1-4H3. The average molecular weight is 235 g/mol. The van der Waals surface area contributed by atoms with Crippen molar-refractivity contribution in [2.24, 2.45) is 17.8 Å². The van der Waals surface area contributed by atoms with Crippen LogP contribution < -0.4 is 0 Å². The van der Waals surface area contributed by atoms with E-state index in [1.165, 1.54) is 37.7 Å². The maximum Gasteiger partial charge on any atom is 0.249 e. The van der Waals surface area contributed by atoms with Crippen molar-refractivity contribution in [3.63, 3.8) is 0 Å². The summed E-state index contributed by atoms with van der Waals surface area (Å²) in [5.74, 6) is 2.16. The van der Waals surface area contributed by atoms with E-state index in [1.807, 2.05) is 14.1 Å². The van der Waals surface area contributed by atoms with E-state index in [9.17, 15) is 4.79 Å². The van der Waals surface area contributed by atoms with Gasteiger partial charge in [-0.3, -0.25) is 4.79 Å². The summed E-state index contributed by atoms with van der Waals surface area (Å²) in [6.07, 6.45) is 6.50. The molecule has 3 atom stereocenters. The number of carbonyl (C=O) groups is 1. The van der Waals surface area contributed by atoms with Gasteiger partial charge in [0.15, 0.2) is 0 Å². The van der Waals surface area contributed by atoms with Crippen LogP contribution in [0.15, 0.2) is 11.1 Å². The molecule has 0 aromatic carbocycles. The van der Waals surface area contributed by atoms with Gasteiger partial charge >= 0.3 is 0 Å². The maximum atomic E-state index is 12.4. The van der Waals surface area contributed by atoms with Crippen LogP contribution in [0, 0.1) is 17.8 Å². The van der Waals surface area contributed by atoms with Crippen molar-refractivity contribution in [1.29, 1.82) is 0 Å². The number of fused-ring (bicyclic) bond motifs is 1. The third-order valence-corrected chi connectivity index (χ3v) is 4.74. The average Bonchev–Trinajstić information content (AvgIpc) is 2.30. The van der Waals surface area contributed by atoms with Crippen LogP contribution in [0.1, 0.15) is 46.0 Å². The molecule has 2 aliphatic carbocycles. The smallest absolute Gasteiger partial charge is 0.249 e. The van der Waals surface area contributed by atoms with Gasteiger partial charge in [0.25, 0.3) is 0 Å². The molecule has 0 heterocycles. The molecule has 2 rings (SSSR count). The summed E-state index contributed by atoms with van der Waals surface area (Å²) in [5.41, 5.74) is 2.50. The molecule has 0 N–H and O–H groups in total. The fraction of sp³-hybridized carbons (Fsp3) is 0.800. The van der Waals surface area contributed by atoms with Gasteiger partial charge in [0, 0.05) is 19.7 Å². The fourth-order valence-electron chi connectivity index (χ4n) is 3.63. The highest BCUT2D eigenvalue weighted by Gasteiger charge is 2.38. The zero-order valence-electron chi connectivity index (χ0n) is 11.6. The monoisotopic (exact) mass is 235 g/mol. The zero-order valence-corrected chi connectivity index (χ0v) is 11.6. The lowest BCUT2D eigenvalue weighted by Gasteiger charge is -2.41. The van der Waals surface area contributed by atoms with Gasteiger partial charge in [-0.25, -0.2) is 0 Å². The Labute approximate surface area is 105 Å². The first-order valence-corrected chi connectivity index (χ1v) is 6.94. The van der Waals surface area contributed by atoms with Crippen LogP contribution in [0.3, 0.4) is 0 Å². The first kappa shape index (κ1) is 12.7. The van der Waals surface area contributed by atoms with E-state index in [0.717, 1.165) is 11.5 Å². The summed E-state index contributed by atoms with van der Waals surface area (Å²) >= 11 is 0. The highest BCUT2D eigenvalue weighted by atomic mass is 16.2. The van der Waals surface area contributed by atoms with Gasteiger partial charge in [-0.2, -0.15) is 0 Å². The van der Waals surface area contributed by atoms with E-state index >= 15 is 0 Å². The Bertz CT molecular complexity index is 343. The number of amides is 1. The van der Waals surface area contributed by atoms with Crippen LogP contribution in [0.4, 0.5) is 0 Å². The molecular formula is C15H25NO. The molecule has 0 aromatic rings. The largest absolute Gasteiger partial charge is 0.345 e. The number of carbonyl (C=O) groups excluding carboxylic acids is 1. The molecule has 17 heavy (non-hydrogen) atoms. The van der Waals surface area contributed by atoms with Crippen molar-refractivity contribution in [3.8, 4) is 0 Å². The lowest BCUT2D eigenvalue weighted by atomic mass is 9.65. The molecule has 1 saturated carbocycles. The minimum absolute atomic E-state index is 0.256. The molecule has 3 unspecified atom stereocenters. The van der Waals surface area contributed by atoms with E-state index in [2.05, 4.69) is 13.8 Å². The van der Waals surface area contributed by atoms with Gasteiger partial charge in [-0.05, 0) is 43.9 Å². The normalized spacial score (nSPS) is 33.3. The highest BCUT2D eigenvalue weighted by molar-refractivity contribution is 5.94. The third kappa shape index (κ3) is 2.27. The highest BCUT2D eigenvalue weighted by Crippen LogP contribution is 2.45. The van der Waals surface area contributed by atoms with Crippen LogP contribution in [0.2, 0.25) is 0 Å². The molecule has 0 saturated heterocycles. The van der Waals surface area contributed by atoms with Crippen LogP contribution in [0.25, 0.3) is 0 Å². The van der Waals surface area contributed by atoms with Gasteiger partial charge in [0.1, 0.15) is 0 Å². The van der Waals surface area contributed by atoms with Crippen molar-refractivity contribution in [1.82, 2.24) is 4.90 Å². The van der Waals surface area contributed by atoms with Gasteiger partial charge in [-0.1, -0.05) is 25.3 Å². The Morgan fingerprint density at radius 1 is 1.24 bits per heavy atom. The molecule has 1 amide bonds. The summed E-state index contributed by atoms with van der Waals surface area (Å²) in [4.78, 5) is 14.1. The van der Waals surface area contributed by atoms with E-state index in [1.54, 1.807) is 4.90 Å². The Kier molecular flexibility index (Phi) is 3.60. The Balaban J connectivity index is 2.35.